The predicted molar refractivity (Wildman–Crippen MR) is 95.8 cm³/mol. The van der Waals surface area contributed by atoms with Gasteiger partial charge in [0.25, 0.3) is 0 Å². The zero-order valence-electron chi connectivity index (χ0n) is 13.1. The Morgan fingerprint density at radius 1 is 1.40 bits per heavy atom. The molecule has 0 spiro atoms. The highest BCUT2D eigenvalue weighted by Gasteiger charge is 2.18. The number of nitrogens with two attached hydrogens (primary N) is 1. The van der Waals surface area contributed by atoms with Crippen molar-refractivity contribution in [3.63, 3.8) is 0 Å². The van der Waals surface area contributed by atoms with Gasteiger partial charge < -0.3 is 20.7 Å². The molecule has 1 aliphatic rings. The lowest BCUT2D eigenvalue weighted by Crippen LogP contribution is -2.41. The molecule has 0 aromatic heterocycles. The topological polar surface area (TPSA) is 62.9 Å². The molecule has 5 nitrogen and oxygen atoms in total. The smallest absolute Gasteiger partial charge is 0.188 e. The molecule has 1 fully saturated rings. The normalized spacial score (nSPS) is 18.1. The lowest BCUT2D eigenvalue weighted by Gasteiger charge is -2.31. The first kappa shape index (κ1) is 19.9. The number of methoxy groups -OCH3 is 1. The minimum Gasteiger partial charge on any atom is -0.383 e. The quantitative estimate of drug-likeness (QED) is 0.388. The van der Waals surface area contributed by atoms with Gasteiger partial charge in [0.1, 0.15) is 0 Å². The van der Waals surface area contributed by atoms with E-state index in [4.69, 9.17) is 10.5 Å². The van der Waals surface area contributed by atoms with Crippen molar-refractivity contribution in [1.82, 2.24) is 10.2 Å². The molecule has 0 amide bonds. The van der Waals surface area contributed by atoms with Crippen molar-refractivity contribution in [2.45, 2.75) is 26.7 Å². The van der Waals surface area contributed by atoms with Crippen LogP contribution < -0.4 is 11.1 Å². The fourth-order valence-corrected chi connectivity index (χ4v) is 2.22. The maximum absolute atomic E-state index is 5.84. The van der Waals surface area contributed by atoms with E-state index in [1.54, 1.807) is 7.11 Å². The highest BCUT2D eigenvalue weighted by Crippen LogP contribution is 2.15. The summed E-state index contributed by atoms with van der Waals surface area (Å²) < 4.78 is 5.11. The molecule has 120 valence electrons. The Labute approximate surface area is 140 Å². The number of ether oxygens (including phenoxy) is 1. The molecule has 6 heteroatoms. The molecule has 0 unspecified atom stereocenters. The summed E-state index contributed by atoms with van der Waals surface area (Å²) in [6.45, 7) is 10.3. The first-order chi connectivity index (χ1) is 9.11. The molecule has 0 aromatic rings. The van der Waals surface area contributed by atoms with Crippen molar-refractivity contribution in [1.29, 1.82) is 0 Å². The Morgan fingerprint density at radius 2 is 2.05 bits per heavy atom. The zero-order chi connectivity index (χ0) is 14.1. The molecule has 0 aliphatic carbocycles. The Balaban J connectivity index is 0.00000361. The number of hydrogen-bond donors (Lipinski definition) is 2. The van der Waals surface area contributed by atoms with Gasteiger partial charge in [-0.2, -0.15) is 0 Å². The third-order valence-corrected chi connectivity index (χ3v) is 3.52. The van der Waals surface area contributed by atoms with E-state index >= 15 is 0 Å². The average molecular weight is 398 g/mol. The number of aliphatic imine (C=N–C) groups is 1. The van der Waals surface area contributed by atoms with Gasteiger partial charge in [-0.25, -0.2) is 0 Å². The summed E-state index contributed by atoms with van der Waals surface area (Å²) in [7, 11) is 1.76. The van der Waals surface area contributed by atoms with Crippen molar-refractivity contribution >= 4 is 29.9 Å². The minimum absolute atomic E-state index is 0. The van der Waals surface area contributed by atoms with Crippen molar-refractivity contribution in [3.05, 3.63) is 0 Å². The predicted octanol–water partition coefficient (Wildman–Crippen LogP) is 1.52. The number of hydrogen-bond acceptors (Lipinski definition) is 3. The Kier molecular flexibility index (Phi) is 11.5. The van der Waals surface area contributed by atoms with Gasteiger partial charge in [-0.05, 0) is 37.8 Å². The summed E-state index contributed by atoms with van der Waals surface area (Å²) in [5, 5.41) is 3.25. The van der Waals surface area contributed by atoms with E-state index in [1.807, 2.05) is 0 Å². The van der Waals surface area contributed by atoms with E-state index in [1.165, 1.54) is 25.9 Å². The monoisotopic (exact) mass is 398 g/mol. The first-order valence-corrected chi connectivity index (χ1v) is 7.37. The maximum atomic E-state index is 5.84. The standard InChI is InChI=1S/C14H30N4O.HI/c1-12(2)10-16-14(15)17-11-13-4-6-18(7-5-13)8-9-19-3;/h12-13H,4-11H2,1-3H3,(H3,15,16,17);1H. The van der Waals surface area contributed by atoms with Crippen LogP contribution in [0.3, 0.4) is 0 Å². The van der Waals surface area contributed by atoms with Crippen molar-refractivity contribution in [2.75, 3.05) is 46.4 Å². The highest BCUT2D eigenvalue weighted by atomic mass is 127. The Bertz CT molecular complexity index is 266. The Morgan fingerprint density at radius 3 is 2.60 bits per heavy atom. The molecule has 3 N–H and O–H groups in total. The van der Waals surface area contributed by atoms with Crippen molar-refractivity contribution in [3.8, 4) is 0 Å². The second-order valence-electron chi connectivity index (χ2n) is 5.78. The van der Waals surface area contributed by atoms with E-state index in [0.717, 1.165) is 26.2 Å². The zero-order valence-corrected chi connectivity index (χ0v) is 15.4. The van der Waals surface area contributed by atoms with Crippen LogP contribution in [-0.4, -0.2) is 57.3 Å². The Hall–Kier alpha value is -0.0800. The molecule has 1 saturated heterocycles. The second kappa shape index (κ2) is 11.6. The SMILES string of the molecule is COCCN1CCC(CNC(N)=NCC(C)C)CC1.I. The van der Waals surface area contributed by atoms with Crippen LogP contribution >= 0.6 is 24.0 Å². The molecule has 1 heterocycles. The van der Waals surface area contributed by atoms with Gasteiger partial charge >= 0.3 is 0 Å². The number of nitrogens with zero attached hydrogens (tertiary/aromatic N) is 2. The largest absolute Gasteiger partial charge is 0.383 e. The molecule has 0 saturated carbocycles. The van der Waals surface area contributed by atoms with Gasteiger partial charge in [0.05, 0.1) is 6.61 Å². The molecular formula is C14H31IN4O. The molecule has 1 aliphatic heterocycles. The molecule has 0 bridgehead atoms. The van der Waals surface area contributed by atoms with E-state index < -0.39 is 0 Å². The van der Waals surface area contributed by atoms with Crippen LogP contribution in [0.15, 0.2) is 4.99 Å². The second-order valence-corrected chi connectivity index (χ2v) is 5.78. The molecule has 0 aromatic carbocycles. The van der Waals surface area contributed by atoms with Gasteiger partial charge in [0.15, 0.2) is 5.96 Å². The number of guanidine groups is 1. The van der Waals surface area contributed by atoms with Crippen LogP contribution in [0.4, 0.5) is 0 Å². The number of likely N-dealkylation sites (tertiary alicyclic amines) is 1. The number of halogens is 1. The average Bonchev–Trinajstić information content (AvgIpc) is 2.41. The van der Waals surface area contributed by atoms with E-state index in [9.17, 15) is 0 Å². The van der Waals surface area contributed by atoms with Crippen LogP contribution in [0.1, 0.15) is 26.7 Å². The van der Waals surface area contributed by atoms with Crippen LogP contribution in [0.2, 0.25) is 0 Å². The van der Waals surface area contributed by atoms with E-state index in [0.29, 0.717) is 17.8 Å². The lowest BCUT2D eigenvalue weighted by molar-refractivity contribution is 0.121. The van der Waals surface area contributed by atoms with E-state index in [-0.39, 0.29) is 24.0 Å². The van der Waals surface area contributed by atoms with Gasteiger partial charge in [-0.3, -0.25) is 4.99 Å². The van der Waals surface area contributed by atoms with E-state index in [2.05, 4.69) is 29.1 Å². The fraction of sp³-hybridized carbons (Fsp3) is 0.929. The third kappa shape index (κ3) is 8.97. The summed E-state index contributed by atoms with van der Waals surface area (Å²) in [6.07, 6.45) is 2.46. The lowest BCUT2D eigenvalue weighted by atomic mass is 9.97. The summed E-state index contributed by atoms with van der Waals surface area (Å²) in [5.74, 6) is 1.87. The summed E-state index contributed by atoms with van der Waals surface area (Å²) >= 11 is 0. The summed E-state index contributed by atoms with van der Waals surface area (Å²) in [5.41, 5.74) is 5.84. The van der Waals surface area contributed by atoms with Gasteiger partial charge in [0.2, 0.25) is 0 Å². The third-order valence-electron chi connectivity index (χ3n) is 3.52. The molecule has 20 heavy (non-hydrogen) atoms. The summed E-state index contributed by atoms with van der Waals surface area (Å²) in [6, 6.07) is 0. The van der Waals surface area contributed by atoms with Crippen LogP contribution in [0.5, 0.6) is 0 Å². The number of nitrogens with one attached hydrogen (secondary N) is 1. The molecular weight excluding hydrogens is 367 g/mol. The van der Waals surface area contributed by atoms with Gasteiger partial charge in [-0.15, -0.1) is 24.0 Å². The highest BCUT2D eigenvalue weighted by molar-refractivity contribution is 14.0. The number of rotatable bonds is 7. The number of piperidine rings is 1. The first-order valence-electron chi connectivity index (χ1n) is 7.37. The van der Waals surface area contributed by atoms with Crippen LogP contribution in [-0.2, 0) is 4.74 Å². The van der Waals surface area contributed by atoms with Gasteiger partial charge in [-0.1, -0.05) is 13.8 Å². The molecule has 0 atom stereocenters. The minimum atomic E-state index is 0. The molecule has 1 rings (SSSR count). The fourth-order valence-electron chi connectivity index (χ4n) is 2.22. The van der Waals surface area contributed by atoms with Gasteiger partial charge in [0, 0.05) is 26.7 Å². The van der Waals surface area contributed by atoms with Crippen molar-refractivity contribution < 1.29 is 4.74 Å². The molecule has 0 radical (unpaired) electrons. The van der Waals surface area contributed by atoms with Crippen LogP contribution in [0.25, 0.3) is 0 Å². The van der Waals surface area contributed by atoms with Crippen LogP contribution in [0, 0.1) is 11.8 Å². The summed E-state index contributed by atoms with van der Waals surface area (Å²) in [4.78, 5) is 6.79. The van der Waals surface area contributed by atoms with Crippen molar-refractivity contribution in [2.24, 2.45) is 22.6 Å². The maximum Gasteiger partial charge on any atom is 0.188 e.